The van der Waals surface area contributed by atoms with Crippen LogP contribution in [0.25, 0.3) is 0 Å². The van der Waals surface area contributed by atoms with Gasteiger partial charge in [0.05, 0.1) is 18.1 Å². The minimum atomic E-state index is -0.673. The average molecular weight is 285 g/mol. The first kappa shape index (κ1) is 15.7. The maximum absolute atomic E-state index is 11.7. The highest BCUT2D eigenvalue weighted by molar-refractivity contribution is 5.72. The molecule has 1 heterocycles. The molecule has 0 radical (unpaired) electrons. The standard InChI is InChI=1S/C15H27NO4/c1-2-20-14(18)13-3-6-15(19,7-4-13)11-16-8-5-12(9-16)10-17/h12-13,17,19H,2-11H2,1H3. The Kier molecular flexibility index (Phi) is 5.41. The van der Waals surface area contributed by atoms with Gasteiger partial charge in [-0.2, -0.15) is 0 Å². The highest BCUT2D eigenvalue weighted by Crippen LogP contribution is 2.34. The van der Waals surface area contributed by atoms with Gasteiger partial charge in [-0.1, -0.05) is 0 Å². The number of likely N-dealkylation sites (tertiary alicyclic amines) is 1. The maximum Gasteiger partial charge on any atom is 0.308 e. The summed E-state index contributed by atoms with van der Waals surface area (Å²) in [7, 11) is 0. The summed E-state index contributed by atoms with van der Waals surface area (Å²) < 4.78 is 5.05. The molecule has 20 heavy (non-hydrogen) atoms. The summed E-state index contributed by atoms with van der Waals surface area (Å²) in [5.41, 5.74) is -0.673. The molecule has 2 rings (SSSR count). The molecule has 2 fully saturated rings. The molecule has 0 aromatic heterocycles. The lowest BCUT2D eigenvalue weighted by molar-refractivity contribution is -0.151. The molecule has 1 saturated carbocycles. The fraction of sp³-hybridized carbons (Fsp3) is 0.933. The van der Waals surface area contributed by atoms with Crippen molar-refractivity contribution < 1.29 is 19.7 Å². The number of carbonyl (C=O) groups is 1. The largest absolute Gasteiger partial charge is 0.466 e. The second kappa shape index (κ2) is 6.87. The molecule has 5 nitrogen and oxygen atoms in total. The Morgan fingerprint density at radius 2 is 2.05 bits per heavy atom. The second-order valence-electron chi connectivity index (χ2n) is 6.32. The number of aliphatic hydroxyl groups excluding tert-OH is 1. The smallest absolute Gasteiger partial charge is 0.308 e. The van der Waals surface area contributed by atoms with E-state index in [2.05, 4.69) is 4.90 Å². The van der Waals surface area contributed by atoms with Gasteiger partial charge in [0.15, 0.2) is 0 Å². The van der Waals surface area contributed by atoms with Crippen LogP contribution in [-0.4, -0.2) is 59.5 Å². The minimum absolute atomic E-state index is 0.0426. The van der Waals surface area contributed by atoms with Crippen molar-refractivity contribution in [3.8, 4) is 0 Å². The van der Waals surface area contributed by atoms with Gasteiger partial charge in [-0.05, 0) is 51.5 Å². The van der Waals surface area contributed by atoms with Crippen molar-refractivity contribution in [2.24, 2.45) is 11.8 Å². The van der Waals surface area contributed by atoms with Gasteiger partial charge < -0.3 is 19.8 Å². The van der Waals surface area contributed by atoms with E-state index in [0.29, 0.717) is 44.8 Å². The molecule has 0 aromatic rings. The molecule has 1 aliphatic heterocycles. The Morgan fingerprint density at radius 3 is 2.60 bits per heavy atom. The predicted octanol–water partition coefficient (Wildman–Crippen LogP) is 0.785. The van der Waals surface area contributed by atoms with Crippen LogP contribution in [0.4, 0.5) is 0 Å². The zero-order valence-electron chi connectivity index (χ0n) is 12.4. The number of ether oxygens (including phenoxy) is 1. The molecule has 5 heteroatoms. The minimum Gasteiger partial charge on any atom is -0.466 e. The molecular weight excluding hydrogens is 258 g/mol. The third-order valence-corrected chi connectivity index (χ3v) is 4.68. The van der Waals surface area contributed by atoms with E-state index in [4.69, 9.17) is 9.84 Å². The molecule has 0 spiro atoms. The van der Waals surface area contributed by atoms with Crippen LogP contribution in [0.5, 0.6) is 0 Å². The van der Waals surface area contributed by atoms with Crippen molar-refractivity contribution in [1.29, 1.82) is 0 Å². The van der Waals surface area contributed by atoms with Crippen molar-refractivity contribution in [3.63, 3.8) is 0 Å². The lowest BCUT2D eigenvalue weighted by Crippen LogP contribution is -2.45. The van der Waals surface area contributed by atoms with Crippen LogP contribution in [0, 0.1) is 11.8 Å². The first-order valence-electron chi connectivity index (χ1n) is 7.78. The summed E-state index contributed by atoms with van der Waals surface area (Å²) in [5, 5.41) is 19.8. The molecule has 0 bridgehead atoms. The van der Waals surface area contributed by atoms with Crippen molar-refractivity contribution >= 4 is 5.97 Å². The van der Waals surface area contributed by atoms with Gasteiger partial charge in [0.2, 0.25) is 0 Å². The molecule has 2 aliphatic rings. The normalized spacial score (nSPS) is 35.1. The van der Waals surface area contributed by atoms with Crippen LogP contribution >= 0.6 is 0 Å². The van der Waals surface area contributed by atoms with Crippen LogP contribution in [0.15, 0.2) is 0 Å². The van der Waals surface area contributed by atoms with E-state index >= 15 is 0 Å². The maximum atomic E-state index is 11.7. The van der Waals surface area contributed by atoms with E-state index < -0.39 is 5.60 Å². The second-order valence-corrected chi connectivity index (χ2v) is 6.32. The van der Waals surface area contributed by atoms with E-state index in [1.807, 2.05) is 6.92 Å². The molecule has 1 unspecified atom stereocenters. The van der Waals surface area contributed by atoms with Gasteiger partial charge in [-0.3, -0.25) is 4.79 Å². The van der Waals surface area contributed by atoms with Crippen LogP contribution < -0.4 is 0 Å². The molecule has 1 aliphatic carbocycles. The SMILES string of the molecule is CCOC(=O)C1CCC(O)(CN2CCC(CO)C2)CC1. The predicted molar refractivity (Wildman–Crippen MR) is 75.2 cm³/mol. The number of carbonyl (C=O) groups excluding carboxylic acids is 1. The third-order valence-electron chi connectivity index (χ3n) is 4.68. The van der Waals surface area contributed by atoms with E-state index in [1.165, 1.54) is 0 Å². The highest BCUT2D eigenvalue weighted by Gasteiger charge is 2.38. The first-order valence-corrected chi connectivity index (χ1v) is 7.78. The van der Waals surface area contributed by atoms with Crippen molar-refractivity contribution in [2.45, 2.75) is 44.6 Å². The Hall–Kier alpha value is -0.650. The van der Waals surface area contributed by atoms with E-state index in [1.54, 1.807) is 0 Å². The van der Waals surface area contributed by atoms with Gasteiger partial charge in [0, 0.05) is 19.7 Å². The van der Waals surface area contributed by atoms with Crippen molar-refractivity contribution in [2.75, 3.05) is 32.8 Å². The zero-order valence-corrected chi connectivity index (χ0v) is 12.4. The number of hydrogen-bond acceptors (Lipinski definition) is 5. The fourth-order valence-electron chi connectivity index (χ4n) is 3.43. The lowest BCUT2D eigenvalue weighted by Gasteiger charge is -2.37. The van der Waals surface area contributed by atoms with Crippen LogP contribution in [-0.2, 0) is 9.53 Å². The number of aliphatic hydroxyl groups is 2. The summed E-state index contributed by atoms with van der Waals surface area (Å²) in [6.07, 6.45) is 3.77. The van der Waals surface area contributed by atoms with Crippen LogP contribution in [0.2, 0.25) is 0 Å². The summed E-state index contributed by atoms with van der Waals surface area (Å²) in [5.74, 6) is 0.199. The Bertz CT molecular complexity index is 326. The monoisotopic (exact) mass is 285 g/mol. The number of hydrogen-bond donors (Lipinski definition) is 2. The summed E-state index contributed by atoms with van der Waals surface area (Å²) in [6, 6.07) is 0. The Labute approximate surface area is 120 Å². The third kappa shape index (κ3) is 3.93. The number of β-amino-alcohol motifs (C(OH)–C–C–N with tert-alkyl or cyclic N) is 1. The van der Waals surface area contributed by atoms with Crippen LogP contribution in [0.3, 0.4) is 0 Å². The summed E-state index contributed by atoms with van der Waals surface area (Å²) in [6.45, 7) is 4.98. The molecule has 1 saturated heterocycles. The quantitative estimate of drug-likeness (QED) is 0.731. The van der Waals surface area contributed by atoms with Crippen LogP contribution in [0.1, 0.15) is 39.0 Å². The van der Waals surface area contributed by atoms with Gasteiger partial charge in [0.25, 0.3) is 0 Å². The summed E-state index contributed by atoms with van der Waals surface area (Å²) in [4.78, 5) is 13.9. The molecule has 1 atom stereocenters. The van der Waals surface area contributed by atoms with Crippen molar-refractivity contribution in [3.05, 3.63) is 0 Å². The number of nitrogens with zero attached hydrogens (tertiary/aromatic N) is 1. The molecule has 0 amide bonds. The number of rotatable bonds is 5. The average Bonchev–Trinajstić information content (AvgIpc) is 2.87. The molecule has 2 N–H and O–H groups in total. The van der Waals surface area contributed by atoms with Gasteiger partial charge in [0.1, 0.15) is 0 Å². The fourth-order valence-corrected chi connectivity index (χ4v) is 3.43. The van der Waals surface area contributed by atoms with E-state index in [9.17, 15) is 9.90 Å². The van der Waals surface area contributed by atoms with Gasteiger partial charge in [-0.25, -0.2) is 0 Å². The Balaban J connectivity index is 1.78. The van der Waals surface area contributed by atoms with Crippen molar-refractivity contribution in [1.82, 2.24) is 4.90 Å². The first-order chi connectivity index (χ1) is 9.56. The number of esters is 1. The zero-order chi connectivity index (χ0) is 14.6. The molecule has 0 aromatic carbocycles. The van der Waals surface area contributed by atoms with E-state index in [0.717, 1.165) is 19.5 Å². The molecular formula is C15H27NO4. The highest BCUT2D eigenvalue weighted by atomic mass is 16.5. The van der Waals surface area contributed by atoms with Gasteiger partial charge in [-0.15, -0.1) is 0 Å². The summed E-state index contributed by atoms with van der Waals surface area (Å²) >= 11 is 0. The molecule has 116 valence electrons. The Morgan fingerprint density at radius 1 is 1.35 bits per heavy atom. The van der Waals surface area contributed by atoms with E-state index in [-0.39, 0.29) is 18.5 Å². The van der Waals surface area contributed by atoms with Gasteiger partial charge >= 0.3 is 5.97 Å². The topological polar surface area (TPSA) is 70.0 Å². The lowest BCUT2D eigenvalue weighted by atomic mass is 9.78.